The van der Waals surface area contributed by atoms with E-state index in [0.29, 0.717) is 11.6 Å². The molecule has 2 heterocycles. The Morgan fingerprint density at radius 1 is 0.467 bits per heavy atom. The Morgan fingerprint density at radius 3 is 1.00 bits per heavy atom. The molecule has 2 aliphatic heterocycles. The molecule has 7 heteroatoms. The molecule has 3 aromatic carbocycles. The van der Waals surface area contributed by atoms with E-state index in [2.05, 4.69) is 0 Å². The molecule has 30 heavy (non-hydrogen) atoms. The van der Waals surface area contributed by atoms with Crippen LogP contribution in [0.5, 0.6) is 0 Å². The number of anilines is 4. The van der Waals surface area contributed by atoms with Gasteiger partial charge in [-0.3, -0.25) is 14.4 Å². The third kappa shape index (κ3) is 2.11. The molecule has 0 saturated carbocycles. The molecule has 0 aromatic heterocycles. The Balaban J connectivity index is 1.89. The number of hydrogen-bond donors (Lipinski definition) is 0. The van der Waals surface area contributed by atoms with Gasteiger partial charge >= 0.3 is 0 Å². The smallest absolute Gasteiger partial charge is 0.241 e. The highest BCUT2D eigenvalue weighted by atomic mass is 16.2. The molecule has 2 aliphatic rings. The first kappa shape index (κ1) is 18.2. The lowest BCUT2D eigenvalue weighted by Crippen LogP contribution is -2.46. The minimum Gasteiger partial charge on any atom is -0.328 e. The second kappa shape index (κ2) is 6.06. The first-order valence-corrected chi connectivity index (χ1v) is 9.59. The molecule has 7 nitrogen and oxygen atoms in total. The average Bonchev–Trinajstić information content (AvgIpc) is 3.24. The second-order valence-electron chi connectivity index (χ2n) is 7.60. The van der Waals surface area contributed by atoms with Gasteiger partial charge in [0.25, 0.3) is 0 Å². The molecule has 5 rings (SSSR count). The normalized spacial score (nSPS) is 15.3. The highest BCUT2D eigenvalue weighted by Gasteiger charge is 2.32. The molecule has 0 bridgehead atoms. The Kier molecular flexibility index (Phi) is 3.67. The van der Waals surface area contributed by atoms with Crippen LogP contribution in [0.3, 0.4) is 0 Å². The van der Waals surface area contributed by atoms with Crippen molar-refractivity contribution in [3.05, 3.63) is 89.6 Å². The van der Waals surface area contributed by atoms with E-state index in [4.69, 9.17) is 0 Å². The van der Waals surface area contributed by atoms with Crippen molar-refractivity contribution in [1.29, 1.82) is 0 Å². The maximum absolute atomic E-state index is 13.5. The largest absolute Gasteiger partial charge is 0.328 e. The van der Waals surface area contributed by atoms with Crippen LogP contribution in [0.1, 0.15) is 0 Å². The van der Waals surface area contributed by atoms with Crippen molar-refractivity contribution in [3.8, 4) is 0 Å². The van der Waals surface area contributed by atoms with Crippen molar-refractivity contribution in [2.45, 2.75) is 0 Å². The maximum Gasteiger partial charge on any atom is 0.241 e. The molecule has 0 fully saturated rings. The Bertz CT molecular complexity index is 1310. The molecular formula is C23H20N4O3. The molecule has 0 aliphatic carbocycles. The fourth-order valence-corrected chi connectivity index (χ4v) is 4.60. The van der Waals surface area contributed by atoms with Gasteiger partial charge in [-0.25, -0.2) is 0 Å². The highest BCUT2D eigenvalue weighted by Crippen LogP contribution is 2.40. The summed E-state index contributed by atoms with van der Waals surface area (Å²) >= 11 is 0. The predicted octanol–water partition coefficient (Wildman–Crippen LogP) is -0.0534. The molecule has 0 amide bonds. The van der Waals surface area contributed by atoms with Crippen LogP contribution in [0.4, 0.5) is 22.7 Å². The van der Waals surface area contributed by atoms with Gasteiger partial charge < -0.3 is 19.6 Å². The molecule has 0 unspecified atom stereocenters. The molecular weight excluding hydrogens is 380 g/mol. The van der Waals surface area contributed by atoms with Crippen molar-refractivity contribution in [2.24, 2.45) is 0 Å². The van der Waals surface area contributed by atoms with E-state index in [1.165, 1.54) is 0 Å². The van der Waals surface area contributed by atoms with Crippen molar-refractivity contribution >= 4 is 34.4 Å². The molecule has 3 aromatic rings. The number of fused-ring (bicyclic) bond motifs is 2. The van der Waals surface area contributed by atoms with Crippen LogP contribution >= 0.6 is 0 Å². The number of rotatable bonds is 0. The standard InChI is InChI=1S/C23H20N4O3/c1-24-13-9-5-6-10-14(13)25(2)22(24)17-19(28)18(21(30)20(17)29)23-26(3)15-11-7-8-12-16(15)27(23)4/h5-12H,1-4H3. The summed E-state index contributed by atoms with van der Waals surface area (Å²) < 4.78 is 0. The minimum atomic E-state index is -0.762. The van der Waals surface area contributed by atoms with Crippen LogP contribution in [-0.4, -0.2) is 28.2 Å². The van der Waals surface area contributed by atoms with Gasteiger partial charge in [0, 0.05) is 28.2 Å². The zero-order valence-electron chi connectivity index (χ0n) is 17.1. The van der Waals surface area contributed by atoms with Gasteiger partial charge in [0.15, 0.2) is 0 Å². The fourth-order valence-electron chi connectivity index (χ4n) is 4.60. The summed E-state index contributed by atoms with van der Waals surface area (Å²) in [5, 5.41) is -0.164. The topological polar surface area (TPSA) is 64.2 Å². The number of hydrogen-bond acceptors (Lipinski definition) is 7. The minimum absolute atomic E-state index is 0.0820. The molecule has 0 spiro atoms. The molecule has 150 valence electrons. The summed E-state index contributed by atoms with van der Waals surface area (Å²) in [5.41, 5.74) is 1.44. The van der Waals surface area contributed by atoms with Crippen LogP contribution in [0, 0.1) is 0 Å². The quantitative estimate of drug-likeness (QED) is 0.490. The third-order valence-corrected chi connectivity index (χ3v) is 6.04. The fraction of sp³-hybridized carbons (Fsp3) is 0.174. The summed E-state index contributed by atoms with van der Waals surface area (Å²) in [6.45, 7) is 0. The Labute approximate surface area is 172 Å². The zero-order valence-corrected chi connectivity index (χ0v) is 17.1. The summed E-state index contributed by atoms with van der Waals surface area (Å²) in [6, 6.07) is 15.2. The Hall–Kier alpha value is -3.87. The van der Waals surface area contributed by atoms with Crippen molar-refractivity contribution in [1.82, 2.24) is 0 Å². The van der Waals surface area contributed by atoms with Crippen molar-refractivity contribution in [3.63, 3.8) is 0 Å². The lowest BCUT2D eigenvalue weighted by atomic mass is 10.3. The predicted molar refractivity (Wildman–Crippen MR) is 120 cm³/mol. The van der Waals surface area contributed by atoms with Crippen LogP contribution in [0.2, 0.25) is 0 Å². The van der Waals surface area contributed by atoms with Crippen molar-refractivity contribution in [2.75, 3.05) is 47.8 Å². The van der Waals surface area contributed by atoms with Gasteiger partial charge in [-0.05, 0) is 24.3 Å². The van der Waals surface area contributed by atoms with Crippen LogP contribution in [0.25, 0.3) is 11.6 Å². The van der Waals surface area contributed by atoms with E-state index in [1.807, 2.05) is 48.5 Å². The summed E-state index contributed by atoms with van der Waals surface area (Å²) in [7, 11) is 7.18. The maximum atomic E-state index is 13.5. The number of benzene rings is 2. The molecule has 0 radical (unpaired) electrons. The van der Waals surface area contributed by atoms with Gasteiger partial charge in [-0.15, -0.1) is 0 Å². The second-order valence-corrected chi connectivity index (χ2v) is 7.60. The average molecular weight is 400 g/mol. The van der Waals surface area contributed by atoms with E-state index in [9.17, 15) is 14.4 Å². The van der Waals surface area contributed by atoms with E-state index < -0.39 is 16.3 Å². The monoisotopic (exact) mass is 400 g/mol. The van der Waals surface area contributed by atoms with Gasteiger partial charge in [0.1, 0.15) is 22.1 Å². The van der Waals surface area contributed by atoms with Gasteiger partial charge in [-0.2, -0.15) is 0 Å². The number of para-hydroxylation sites is 4. The van der Waals surface area contributed by atoms with E-state index in [0.717, 1.165) is 22.7 Å². The highest BCUT2D eigenvalue weighted by molar-refractivity contribution is 5.95. The van der Waals surface area contributed by atoms with E-state index in [1.54, 1.807) is 47.8 Å². The summed E-state index contributed by atoms with van der Waals surface area (Å²) in [4.78, 5) is 46.8. The summed E-state index contributed by atoms with van der Waals surface area (Å²) in [5.74, 6) is 0.854. The van der Waals surface area contributed by atoms with Crippen LogP contribution in [0.15, 0.2) is 62.9 Å². The molecule has 0 atom stereocenters. The van der Waals surface area contributed by atoms with Gasteiger partial charge in [0.2, 0.25) is 16.3 Å². The molecule has 0 saturated heterocycles. The van der Waals surface area contributed by atoms with Gasteiger partial charge in [0.05, 0.1) is 22.7 Å². The lowest BCUT2D eigenvalue weighted by molar-refractivity contribution is 1.15. The van der Waals surface area contributed by atoms with Crippen molar-refractivity contribution < 1.29 is 0 Å². The Morgan fingerprint density at radius 2 is 0.733 bits per heavy atom. The van der Waals surface area contributed by atoms with Gasteiger partial charge in [-0.1, -0.05) is 24.3 Å². The SMILES string of the molecule is CN1C(=c2c(=O)c(=O)c(=C3N(C)c4ccccc4N3C)c2=O)N(C)c2ccccc21. The summed E-state index contributed by atoms with van der Waals surface area (Å²) in [6.07, 6.45) is 0. The van der Waals surface area contributed by atoms with Crippen LogP contribution < -0.4 is 46.3 Å². The first-order valence-electron chi connectivity index (χ1n) is 9.59. The van der Waals surface area contributed by atoms with Crippen LogP contribution in [-0.2, 0) is 0 Å². The zero-order chi connectivity index (χ0) is 21.3. The lowest BCUT2D eigenvalue weighted by Gasteiger charge is -2.18. The molecule has 0 N–H and O–H groups in total. The third-order valence-electron chi connectivity index (χ3n) is 6.04. The number of nitrogens with zero attached hydrogens (tertiary/aromatic N) is 4. The van der Waals surface area contributed by atoms with E-state index in [-0.39, 0.29) is 10.4 Å². The first-order chi connectivity index (χ1) is 14.3. The van der Waals surface area contributed by atoms with E-state index >= 15 is 0 Å².